The van der Waals surface area contributed by atoms with Crippen LogP contribution in [0.3, 0.4) is 0 Å². The van der Waals surface area contributed by atoms with Crippen LogP contribution in [0.25, 0.3) is 10.8 Å². The summed E-state index contributed by atoms with van der Waals surface area (Å²) in [4.78, 5) is 4.46. The number of hydrogen-bond donors (Lipinski definition) is 1. The lowest BCUT2D eigenvalue weighted by atomic mass is 10.1. The van der Waals surface area contributed by atoms with Gasteiger partial charge in [0, 0.05) is 18.7 Å². The van der Waals surface area contributed by atoms with Crippen molar-refractivity contribution in [3.8, 4) is 5.75 Å². The Hall–Kier alpha value is -1.81. The monoisotopic (exact) mass is 274 g/mol. The number of anilines is 1. The number of aromatic nitrogens is 1. The molecule has 0 aliphatic rings. The molecule has 4 heteroatoms. The topological polar surface area (TPSA) is 43.4 Å². The van der Waals surface area contributed by atoms with Crippen LogP contribution in [0, 0.1) is 0 Å². The molecule has 0 saturated heterocycles. The second-order valence-electron chi connectivity index (χ2n) is 4.83. The number of ether oxygens (including phenoxy) is 2. The maximum atomic E-state index is 5.27. The van der Waals surface area contributed by atoms with Crippen molar-refractivity contribution in [3.63, 3.8) is 0 Å². The number of fused-ring (bicyclic) bond motifs is 1. The summed E-state index contributed by atoms with van der Waals surface area (Å²) >= 11 is 0. The summed E-state index contributed by atoms with van der Waals surface area (Å²) in [5.74, 6) is 1.76. The molecule has 0 radical (unpaired) electrons. The Morgan fingerprint density at radius 3 is 2.80 bits per heavy atom. The van der Waals surface area contributed by atoms with Crippen molar-refractivity contribution >= 4 is 16.6 Å². The highest BCUT2D eigenvalue weighted by atomic mass is 16.5. The molecule has 0 bridgehead atoms. The molecule has 1 heterocycles. The predicted molar refractivity (Wildman–Crippen MR) is 82.5 cm³/mol. The van der Waals surface area contributed by atoms with Crippen molar-refractivity contribution in [1.29, 1.82) is 0 Å². The molecule has 0 spiro atoms. The van der Waals surface area contributed by atoms with Crippen molar-refractivity contribution < 1.29 is 9.47 Å². The summed E-state index contributed by atoms with van der Waals surface area (Å²) in [6, 6.07) is 8.30. The van der Waals surface area contributed by atoms with Crippen molar-refractivity contribution in [2.24, 2.45) is 0 Å². The van der Waals surface area contributed by atoms with E-state index in [2.05, 4.69) is 17.2 Å². The first-order chi connectivity index (χ1) is 9.78. The first-order valence-electron chi connectivity index (χ1n) is 6.96. The number of benzene rings is 1. The average Bonchev–Trinajstić information content (AvgIpc) is 2.47. The Balaban J connectivity index is 2.29. The van der Waals surface area contributed by atoms with Crippen LogP contribution in [0.5, 0.6) is 5.75 Å². The van der Waals surface area contributed by atoms with Crippen LogP contribution in [0.1, 0.15) is 19.8 Å². The largest absolute Gasteiger partial charge is 0.497 e. The van der Waals surface area contributed by atoms with Gasteiger partial charge in [0.2, 0.25) is 0 Å². The van der Waals surface area contributed by atoms with Gasteiger partial charge >= 0.3 is 0 Å². The van der Waals surface area contributed by atoms with Crippen LogP contribution in [0.2, 0.25) is 0 Å². The summed E-state index contributed by atoms with van der Waals surface area (Å²) in [6.07, 6.45) is 3.99. The highest BCUT2D eigenvalue weighted by Gasteiger charge is 2.10. The van der Waals surface area contributed by atoms with E-state index < -0.39 is 0 Å². The average molecular weight is 274 g/mol. The maximum Gasteiger partial charge on any atom is 0.134 e. The molecule has 2 aromatic rings. The molecular weight excluding hydrogens is 252 g/mol. The summed E-state index contributed by atoms with van der Waals surface area (Å²) in [6.45, 7) is 2.85. The Labute approximate surface area is 120 Å². The number of hydrogen-bond acceptors (Lipinski definition) is 4. The molecule has 2 rings (SSSR count). The number of nitrogens with one attached hydrogen (secondary N) is 1. The molecule has 0 saturated carbocycles. The minimum atomic E-state index is 0.283. The van der Waals surface area contributed by atoms with Crippen molar-refractivity contribution in [2.75, 3.05) is 26.1 Å². The third kappa shape index (κ3) is 3.39. The lowest BCUT2D eigenvalue weighted by molar-refractivity contribution is 0.182. The normalized spacial score (nSPS) is 12.3. The molecule has 0 fully saturated rings. The van der Waals surface area contributed by atoms with Crippen LogP contribution >= 0.6 is 0 Å². The van der Waals surface area contributed by atoms with Gasteiger partial charge in [0.05, 0.1) is 19.8 Å². The lowest BCUT2D eigenvalue weighted by Crippen LogP contribution is -2.25. The van der Waals surface area contributed by atoms with Crippen molar-refractivity contribution in [2.45, 2.75) is 25.8 Å². The highest BCUT2D eigenvalue weighted by Crippen LogP contribution is 2.26. The molecule has 0 amide bonds. The van der Waals surface area contributed by atoms with E-state index in [1.165, 1.54) is 0 Å². The maximum absolute atomic E-state index is 5.27. The molecule has 0 aliphatic heterocycles. The Morgan fingerprint density at radius 2 is 2.10 bits per heavy atom. The SMILES string of the molecule is CCCC(COC)Nc1nccc2cc(OC)ccc12. The molecule has 1 N–H and O–H groups in total. The third-order valence-corrected chi connectivity index (χ3v) is 3.32. The Morgan fingerprint density at radius 1 is 1.25 bits per heavy atom. The number of nitrogens with zero attached hydrogens (tertiary/aromatic N) is 1. The second kappa shape index (κ2) is 7.10. The van der Waals surface area contributed by atoms with E-state index in [1.807, 2.05) is 30.5 Å². The quantitative estimate of drug-likeness (QED) is 0.839. The van der Waals surface area contributed by atoms with E-state index in [0.717, 1.165) is 35.2 Å². The van der Waals surface area contributed by atoms with Gasteiger partial charge in [0.1, 0.15) is 11.6 Å². The first-order valence-corrected chi connectivity index (χ1v) is 6.96. The van der Waals surface area contributed by atoms with E-state index in [0.29, 0.717) is 6.61 Å². The van der Waals surface area contributed by atoms with Crippen LogP contribution in [0.15, 0.2) is 30.5 Å². The van der Waals surface area contributed by atoms with Gasteiger partial charge in [0.25, 0.3) is 0 Å². The fourth-order valence-electron chi connectivity index (χ4n) is 2.34. The summed E-state index contributed by atoms with van der Waals surface area (Å²) in [7, 11) is 3.41. The second-order valence-corrected chi connectivity index (χ2v) is 4.83. The van der Waals surface area contributed by atoms with Crippen molar-refractivity contribution in [3.05, 3.63) is 30.5 Å². The predicted octanol–water partition coefficient (Wildman–Crippen LogP) is 3.47. The van der Waals surface area contributed by atoms with Gasteiger partial charge in [-0.15, -0.1) is 0 Å². The highest BCUT2D eigenvalue weighted by molar-refractivity contribution is 5.92. The first kappa shape index (κ1) is 14.6. The van der Waals surface area contributed by atoms with Gasteiger partial charge in [-0.05, 0) is 36.1 Å². The van der Waals surface area contributed by atoms with Crippen molar-refractivity contribution in [1.82, 2.24) is 4.98 Å². The molecule has 1 aromatic carbocycles. The number of rotatable bonds is 7. The summed E-state index contributed by atoms with van der Waals surface area (Å²) < 4.78 is 10.5. The summed E-state index contributed by atoms with van der Waals surface area (Å²) in [5, 5.41) is 5.71. The molecule has 20 heavy (non-hydrogen) atoms. The zero-order valence-corrected chi connectivity index (χ0v) is 12.3. The third-order valence-electron chi connectivity index (χ3n) is 3.32. The molecule has 1 aromatic heterocycles. The molecular formula is C16H22N2O2. The van der Waals surface area contributed by atoms with Gasteiger partial charge in [-0.3, -0.25) is 0 Å². The molecule has 4 nitrogen and oxygen atoms in total. The van der Waals surface area contributed by atoms with Crippen LogP contribution in [-0.2, 0) is 4.74 Å². The van der Waals surface area contributed by atoms with Crippen LogP contribution in [-0.4, -0.2) is 31.9 Å². The molecule has 1 atom stereocenters. The fourth-order valence-corrected chi connectivity index (χ4v) is 2.34. The zero-order chi connectivity index (χ0) is 14.4. The van der Waals surface area contributed by atoms with Gasteiger partial charge < -0.3 is 14.8 Å². The van der Waals surface area contributed by atoms with E-state index in [4.69, 9.17) is 9.47 Å². The number of pyridine rings is 1. The smallest absolute Gasteiger partial charge is 0.134 e. The minimum Gasteiger partial charge on any atom is -0.497 e. The van der Waals surface area contributed by atoms with E-state index in [1.54, 1.807) is 14.2 Å². The molecule has 0 aliphatic carbocycles. The van der Waals surface area contributed by atoms with E-state index in [-0.39, 0.29) is 6.04 Å². The van der Waals surface area contributed by atoms with E-state index in [9.17, 15) is 0 Å². The Kier molecular flexibility index (Phi) is 5.18. The zero-order valence-electron chi connectivity index (χ0n) is 12.3. The van der Waals surface area contributed by atoms with Gasteiger partial charge in [-0.2, -0.15) is 0 Å². The molecule has 1 unspecified atom stereocenters. The summed E-state index contributed by atoms with van der Waals surface area (Å²) in [5.41, 5.74) is 0. The standard InChI is InChI=1S/C16H22N2O2/c1-4-5-13(11-19-2)18-16-15-7-6-14(20-3)10-12(15)8-9-17-16/h6-10,13H,4-5,11H2,1-3H3,(H,17,18). The van der Waals surface area contributed by atoms with Gasteiger partial charge in [-0.25, -0.2) is 4.98 Å². The Bertz CT molecular complexity index is 551. The van der Waals surface area contributed by atoms with Crippen LogP contribution < -0.4 is 10.1 Å². The van der Waals surface area contributed by atoms with Gasteiger partial charge in [0.15, 0.2) is 0 Å². The minimum absolute atomic E-state index is 0.283. The van der Waals surface area contributed by atoms with Gasteiger partial charge in [-0.1, -0.05) is 13.3 Å². The number of methoxy groups -OCH3 is 2. The molecule has 108 valence electrons. The van der Waals surface area contributed by atoms with E-state index >= 15 is 0 Å². The van der Waals surface area contributed by atoms with Crippen LogP contribution in [0.4, 0.5) is 5.82 Å². The lowest BCUT2D eigenvalue weighted by Gasteiger charge is -2.19. The fraction of sp³-hybridized carbons (Fsp3) is 0.438.